The molecule has 5 radical (unpaired) electrons. The summed E-state index contributed by atoms with van der Waals surface area (Å²) in [6.45, 7) is 0. The zero-order valence-electron chi connectivity index (χ0n) is 3.73. The van der Waals surface area contributed by atoms with Crippen molar-refractivity contribution in [3.05, 3.63) is 14.9 Å². The summed E-state index contributed by atoms with van der Waals surface area (Å²) in [6.07, 6.45) is 0. The van der Waals surface area contributed by atoms with Crippen molar-refractivity contribution in [2.24, 2.45) is 0 Å². The number of rotatable bonds is 0. The molecule has 0 spiro atoms. The summed E-state index contributed by atoms with van der Waals surface area (Å²) < 4.78 is 0. The molecule has 0 N–H and O–H groups in total. The smallest absolute Gasteiger partial charge is 0 e. The van der Waals surface area contributed by atoms with Gasteiger partial charge in [0.05, 0.1) is 0 Å². The minimum absolute atomic E-state index is 0. The van der Waals surface area contributed by atoms with Crippen LogP contribution in [0.5, 0.6) is 0 Å². The fourth-order valence-corrected chi connectivity index (χ4v) is 0. The van der Waals surface area contributed by atoms with Gasteiger partial charge in [0.25, 0.3) is 0 Å². The minimum atomic E-state index is 0. The van der Waals surface area contributed by atoms with Gasteiger partial charge in [0.2, 0.25) is 0 Å². The maximum atomic E-state index is 0. The van der Waals surface area contributed by atoms with Crippen molar-refractivity contribution in [1.82, 2.24) is 0 Å². The monoisotopic (exact) mass is 567 g/mol. The Labute approximate surface area is 116 Å². The third-order valence-electron chi connectivity index (χ3n) is 0. The molecule has 0 aliphatic heterocycles. The van der Waals surface area contributed by atoms with Crippen LogP contribution in [0.25, 0.3) is 0 Å². The Bertz CT molecular complexity index is 11.0. The van der Waals surface area contributed by atoms with Gasteiger partial charge in [0.15, 0.2) is 0 Å². The van der Waals surface area contributed by atoms with Crippen LogP contribution in [0.3, 0.4) is 0 Å². The molecule has 9 heavy (non-hydrogen) atoms. The third-order valence-corrected chi connectivity index (χ3v) is 0. The van der Waals surface area contributed by atoms with Crippen LogP contribution in [0.15, 0.2) is 0 Å². The second-order valence-electron chi connectivity index (χ2n) is 0. The predicted molar refractivity (Wildman–Crippen MR) is 45.5 cm³/mol. The van der Waals surface area contributed by atoms with E-state index in [2.05, 4.69) is 0 Å². The first-order valence-electron chi connectivity index (χ1n) is 0. The van der Waals surface area contributed by atoms with E-state index < -0.39 is 0 Å². The molecule has 0 heterocycles. The van der Waals surface area contributed by atoms with Crippen LogP contribution in [-0.2, 0) is 0 Å². The summed E-state index contributed by atoms with van der Waals surface area (Å²) in [7, 11) is 0. The summed E-state index contributed by atoms with van der Waals surface area (Å²) in [5.74, 6) is 0. The van der Waals surface area contributed by atoms with E-state index in [0.717, 1.165) is 0 Å². The molecule has 0 saturated heterocycles. The van der Waals surface area contributed by atoms with Gasteiger partial charge in [-0.15, -0.1) is 0 Å². The van der Waals surface area contributed by atoms with Crippen molar-refractivity contribution < 1.29 is 64.6 Å². The first kappa shape index (κ1) is 234. The van der Waals surface area contributed by atoms with Crippen LogP contribution >= 0.6 is 0 Å². The molecule has 57 valence electrons. The number of hydrogen-bond acceptors (Lipinski definition) is 0. The van der Waals surface area contributed by atoms with E-state index >= 15 is 0 Å². The Morgan fingerprint density at radius 3 is 0.444 bits per heavy atom. The van der Waals surface area contributed by atoms with E-state index in [1.807, 2.05) is 0 Å². The maximum Gasteiger partial charge on any atom is 0 e. The van der Waals surface area contributed by atoms with Gasteiger partial charge in [0.1, 0.15) is 0 Å². The molecule has 0 bridgehead atoms. The van der Waals surface area contributed by atoms with E-state index in [1.54, 1.807) is 0 Å². The maximum absolute atomic E-state index is 0. The average Bonchev–Trinajstić information content (AvgIpc) is 0. The van der Waals surface area contributed by atoms with Crippen molar-refractivity contribution in [1.29, 1.82) is 0 Å². The molecule has 0 saturated carbocycles. The van der Waals surface area contributed by atoms with Crippen molar-refractivity contribution >= 4 is 8.41 Å². The molecule has 0 atom stereocenters. The molecule has 0 aromatic carbocycles. The van der Waals surface area contributed by atoms with E-state index in [1.165, 1.54) is 0 Å². The standard InChI is InChI=1S/4CH4.2CH3.B.2Pa/h4*1H4;2*1H3;;;/q;;;;2*-1;;;. The molecule has 0 aliphatic carbocycles. The van der Waals surface area contributed by atoms with Crippen LogP contribution in [-0.4, -0.2) is 8.41 Å². The Morgan fingerprint density at radius 2 is 0.444 bits per heavy atom. The third kappa shape index (κ3) is 138. The predicted octanol–water partition coefficient (Wildman–Crippen LogP) is 3.06. The van der Waals surface area contributed by atoms with Gasteiger partial charge in [-0.25, -0.2) is 0 Å². The molecular weight excluding hydrogens is 545 g/mol. The van der Waals surface area contributed by atoms with E-state index in [0.29, 0.717) is 0 Å². The topological polar surface area (TPSA) is 0 Å². The molecule has 0 aromatic rings. The molecule has 0 rings (SSSR count). The van der Waals surface area contributed by atoms with Gasteiger partial charge in [-0.3, -0.25) is 0 Å². The van der Waals surface area contributed by atoms with Crippen LogP contribution in [0, 0.1) is 79.5 Å². The van der Waals surface area contributed by atoms with Crippen LogP contribution < -0.4 is 0 Å². The fourth-order valence-electron chi connectivity index (χ4n) is 0. The molecular formula is C6H22BPa2-2. The second kappa shape index (κ2) is 174. The summed E-state index contributed by atoms with van der Waals surface area (Å²) in [4.78, 5) is 0. The van der Waals surface area contributed by atoms with Crippen molar-refractivity contribution in [3.63, 3.8) is 0 Å². The van der Waals surface area contributed by atoms with E-state index in [4.69, 9.17) is 0 Å². The Morgan fingerprint density at radius 1 is 0.444 bits per heavy atom. The Kier molecular flexibility index (Phi) is 4510. The molecule has 0 fully saturated rings. The first-order chi connectivity index (χ1) is 0. The normalized spacial score (nSPS) is 0. The van der Waals surface area contributed by atoms with Crippen molar-refractivity contribution in [2.75, 3.05) is 0 Å². The van der Waals surface area contributed by atoms with Crippen LogP contribution in [0.4, 0.5) is 0 Å². The Balaban J connectivity index is 0. The van der Waals surface area contributed by atoms with Gasteiger partial charge in [-0.2, -0.15) is 0 Å². The largest absolute Gasteiger partial charge is 0.358 e. The van der Waals surface area contributed by atoms with Gasteiger partial charge in [0, 0.05) is 73.0 Å². The van der Waals surface area contributed by atoms with Gasteiger partial charge in [-0.1, -0.05) is 29.7 Å². The van der Waals surface area contributed by atoms with E-state index in [9.17, 15) is 0 Å². The zero-order valence-corrected chi connectivity index (χ0v) is 13.3. The minimum Gasteiger partial charge on any atom is -0.358 e. The number of hydrogen-bond donors (Lipinski definition) is 0. The van der Waals surface area contributed by atoms with Gasteiger partial charge in [-0.05, 0) is 0 Å². The molecule has 0 unspecified atom stereocenters. The van der Waals surface area contributed by atoms with Gasteiger partial charge >= 0.3 is 0 Å². The fraction of sp³-hybridized carbons (Fsp3) is 0.667. The summed E-state index contributed by atoms with van der Waals surface area (Å²) >= 11 is 0. The average molecular weight is 567 g/mol. The molecule has 0 nitrogen and oxygen atoms in total. The van der Waals surface area contributed by atoms with Gasteiger partial charge < -0.3 is 14.9 Å². The first-order valence-corrected chi connectivity index (χ1v) is 0. The SMILES string of the molecule is C.C.C.C.[B].[CH3-].[CH3-].[Pa].[Pa]. The van der Waals surface area contributed by atoms with E-state index in [-0.39, 0.29) is 118 Å². The molecule has 0 amide bonds. The van der Waals surface area contributed by atoms with Crippen LogP contribution in [0.1, 0.15) is 29.7 Å². The molecule has 3 heteroatoms. The zero-order chi connectivity index (χ0) is 0. The molecule has 0 aromatic heterocycles. The van der Waals surface area contributed by atoms with Crippen molar-refractivity contribution in [2.45, 2.75) is 29.7 Å². The second-order valence-corrected chi connectivity index (χ2v) is 0. The Hall–Kier alpha value is 2.25. The summed E-state index contributed by atoms with van der Waals surface area (Å²) in [5.41, 5.74) is 0. The van der Waals surface area contributed by atoms with Crippen molar-refractivity contribution in [3.8, 4) is 0 Å². The summed E-state index contributed by atoms with van der Waals surface area (Å²) in [6, 6.07) is 0. The quantitative estimate of drug-likeness (QED) is 0.312. The summed E-state index contributed by atoms with van der Waals surface area (Å²) in [5, 5.41) is 0. The van der Waals surface area contributed by atoms with Crippen LogP contribution in [0.2, 0.25) is 0 Å². The molecule has 0 aliphatic rings.